The normalized spacial score (nSPS) is 10.8. The SMILES string of the molecule is CCOc1cc(Br)c(/C=N\NC(=O)CSc2ccc(Cl)cc2)cc1OC. The van der Waals surface area contributed by atoms with Crippen molar-refractivity contribution in [3.8, 4) is 11.5 Å². The van der Waals surface area contributed by atoms with Gasteiger partial charge in [-0.05, 0) is 59.3 Å². The first-order valence-corrected chi connectivity index (χ1v) is 9.89. The first kappa shape index (κ1) is 20.6. The number of hydrazone groups is 1. The van der Waals surface area contributed by atoms with E-state index in [-0.39, 0.29) is 11.7 Å². The lowest BCUT2D eigenvalue weighted by Crippen LogP contribution is -2.19. The summed E-state index contributed by atoms with van der Waals surface area (Å²) in [7, 11) is 1.57. The number of hydrogen-bond donors (Lipinski definition) is 1. The minimum atomic E-state index is -0.199. The van der Waals surface area contributed by atoms with Gasteiger partial charge in [-0.2, -0.15) is 5.10 Å². The number of nitrogens with zero attached hydrogens (tertiary/aromatic N) is 1. The number of nitrogens with one attached hydrogen (secondary N) is 1. The highest BCUT2D eigenvalue weighted by molar-refractivity contribution is 9.10. The van der Waals surface area contributed by atoms with Crippen LogP contribution < -0.4 is 14.9 Å². The van der Waals surface area contributed by atoms with E-state index in [1.807, 2.05) is 25.1 Å². The third-order valence-corrected chi connectivity index (χ3v) is 5.11. The molecule has 0 aliphatic rings. The van der Waals surface area contributed by atoms with E-state index in [2.05, 4.69) is 26.5 Å². The molecule has 1 N–H and O–H groups in total. The molecule has 0 aliphatic heterocycles. The first-order chi connectivity index (χ1) is 12.5. The van der Waals surface area contributed by atoms with Gasteiger partial charge in [-0.25, -0.2) is 5.43 Å². The monoisotopic (exact) mass is 456 g/mol. The van der Waals surface area contributed by atoms with Crippen molar-refractivity contribution in [1.82, 2.24) is 5.43 Å². The molecule has 26 heavy (non-hydrogen) atoms. The van der Waals surface area contributed by atoms with E-state index < -0.39 is 0 Å². The van der Waals surface area contributed by atoms with Crippen molar-refractivity contribution in [2.24, 2.45) is 5.10 Å². The van der Waals surface area contributed by atoms with Gasteiger partial charge in [0.2, 0.25) is 5.91 Å². The molecule has 0 aliphatic carbocycles. The Kier molecular flexibility index (Phi) is 8.28. The average Bonchev–Trinajstić information content (AvgIpc) is 2.63. The highest BCUT2D eigenvalue weighted by Gasteiger charge is 2.09. The Morgan fingerprint density at radius 2 is 2.04 bits per heavy atom. The molecule has 0 unspecified atom stereocenters. The van der Waals surface area contributed by atoms with Crippen LogP contribution in [0, 0.1) is 0 Å². The number of halogens is 2. The van der Waals surface area contributed by atoms with Crippen molar-refractivity contribution in [1.29, 1.82) is 0 Å². The lowest BCUT2D eigenvalue weighted by molar-refractivity contribution is -0.118. The van der Waals surface area contributed by atoms with Gasteiger partial charge >= 0.3 is 0 Å². The fraction of sp³-hybridized carbons (Fsp3) is 0.222. The summed E-state index contributed by atoms with van der Waals surface area (Å²) < 4.78 is 11.6. The fourth-order valence-electron chi connectivity index (χ4n) is 1.96. The number of amides is 1. The van der Waals surface area contributed by atoms with Crippen LogP contribution in [0.2, 0.25) is 5.02 Å². The lowest BCUT2D eigenvalue weighted by atomic mass is 10.2. The molecule has 0 atom stereocenters. The van der Waals surface area contributed by atoms with Crippen LogP contribution in [-0.2, 0) is 4.79 Å². The highest BCUT2D eigenvalue weighted by Crippen LogP contribution is 2.32. The zero-order valence-electron chi connectivity index (χ0n) is 14.3. The van der Waals surface area contributed by atoms with Crippen molar-refractivity contribution >= 4 is 51.4 Å². The summed E-state index contributed by atoms with van der Waals surface area (Å²) in [6.07, 6.45) is 1.55. The van der Waals surface area contributed by atoms with Crippen LogP contribution >= 0.6 is 39.3 Å². The standard InChI is InChI=1S/C18H18BrClN2O3S/c1-3-25-17-9-15(19)12(8-16(17)24-2)10-21-22-18(23)11-26-14-6-4-13(20)5-7-14/h4-10H,3,11H2,1-2H3,(H,22,23)/b21-10-. The van der Waals surface area contributed by atoms with E-state index in [0.717, 1.165) is 14.9 Å². The van der Waals surface area contributed by atoms with E-state index in [9.17, 15) is 4.79 Å². The van der Waals surface area contributed by atoms with Gasteiger partial charge < -0.3 is 9.47 Å². The molecule has 0 bridgehead atoms. The minimum absolute atomic E-state index is 0.199. The molecule has 2 aromatic carbocycles. The summed E-state index contributed by atoms with van der Waals surface area (Å²) in [4.78, 5) is 12.9. The summed E-state index contributed by atoms with van der Waals surface area (Å²) in [6.45, 7) is 2.44. The summed E-state index contributed by atoms with van der Waals surface area (Å²) in [5.41, 5.74) is 3.27. The molecular weight excluding hydrogens is 440 g/mol. The van der Waals surface area contributed by atoms with E-state index in [4.69, 9.17) is 21.1 Å². The van der Waals surface area contributed by atoms with Gasteiger partial charge in [0.25, 0.3) is 0 Å². The maximum absolute atomic E-state index is 11.9. The number of hydrogen-bond acceptors (Lipinski definition) is 5. The minimum Gasteiger partial charge on any atom is -0.493 e. The van der Waals surface area contributed by atoms with Crippen LogP contribution in [-0.4, -0.2) is 31.6 Å². The summed E-state index contributed by atoms with van der Waals surface area (Å²) in [5, 5.41) is 4.66. The van der Waals surface area contributed by atoms with Crippen molar-refractivity contribution in [2.45, 2.75) is 11.8 Å². The number of thioether (sulfide) groups is 1. The molecule has 0 spiro atoms. The maximum Gasteiger partial charge on any atom is 0.250 e. The van der Waals surface area contributed by atoms with Crippen LogP contribution in [0.3, 0.4) is 0 Å². The Labute approximate surface area is 170 Å². The van der Waals surface area contributed by atoms with Gasteiger partial charge in [0, 0.05) is 20.0 Å². The van der Waals surface area contributed by atoms with E-state index in [1.165, 1.54) is 11.8 Å². The molecule has 0 saturated heterocycles. The second kappa shape index (κ2) is 10.4. The molecule has 2 rings (SSSR count). The predicted molar refractivity (Wildman–Crippen MR) is 110 cm³/mol. The third kappa shape index (κ3) is 6.23. The molecule has 5 nitrogen and oxygen atoms in total. The Morgan fingerprint density at radius 3 is 2.69 bits per heavy atom. The van der Waals surface area contributed by atoms with Crippen LogP contribution in [0.1, 0.15) is 12.5 Å². The van der Waals surface area contributed by atoms with E-state index >= 15 is 0 Å². The number of ether oxygens (including phenoxy) is 2. The van der Waals surface area contributed by atoms with Crippen LogP contribution in [0.4, 0.5) is 0 Å². The van der Waals surface area contributed by atoms with Gasteiger partial charge in [-0.1, -0.05) is 11.6 Å². The van der Waals surface area contributed by atoms with Crippen LogP contribution in [0.15, 0.2) is 50.9 Å². The Bertz CT molecular complexity index is 785. The topological polar surface area (TPSA) is 59.9 Å². The van der Waals surface area contributed by atoms with Gasteiger partial charge in [0.05, 0.1) is 25.7 Å². The molecule has 0 aromatic heterocycles. The van der Waals surface area contributed by atoms with E-state index in [0.29, 0.717) is 23.1 Å². The zero-order valence-corrected chi connectivity index (χ0v) is 17.5. The van der Waals surface area contributed by atoms with Crippen molar-refractivity contribution < 1.29 is 14.3 Å². The second-order valence-corrected chi connectivity index (χ2v) is 7.33. The van der Waals surface area contributed by atoms with Crippen molar-refractivity contribution in [2.75, 3.05) is 19.5 Å². The number of carbonyl (C=O) groups is 1. The van der Waals surface area contributed by atoms with E-state index in [1.54, 1.807) is 31.5 Å². The smallest absolute Gasteiger partial charge is 0.250 e. The average molecular weight is 458 g/mol. The van der Waals surface area contributed by atoms with Gasteiger partial charge in [-0.15, -0.1) is 11.8 Å². The Morgan fingerprint density at radius 1 is 1.31 bits per heavy atom. The molecule has 8 heteroatoms. The van der Waals surface area contributed by atoms with Crippen molar-refractivity contribution in [3.05, 3.63) is 51.5 Å². The van der Waals surface area contributed by atoms with Crippen LogP contribution in [0.25, 0.3) is 0 Å². The zero-order chi connectivity index (χ0) is 18.9. The van der Waals surface area contributed by atoms with Crippen molar-refractivity contribution in [3.63, 3.8) is 0 Å². The molecular formula is C18H18BrClN2O3S. The predicted octanol–water partition coefficient (Wildman–Crippen LogP) is 4.75. The van der Waals surface area contributed by atoms with Gasteiger partial charge in [0.15, 0.2) is 11.5 Å². The van der Waals surface area contributed by atoms with Gasteiger partial charge in [0.1, 0.15) is 0 Å². The first-order valence-electron chi connectivity index (χ1n) is 7.74. The third-order valence-electron chi connectivity index (χ3n) is 3.16. The molecule has 0 heterocycles. The number of carbonyl (C=O) groups excluding carboxylic acids is 1. The number of rotatable bonds is 8. The highest BCUT2D eigenvalue weighted by atomic mass is 79.9. The number of methoxy groups -OCH3 is 1. The fourth-order valence-corrected chi connectivity index (χ4v) is 3.20. The summed E-state index contributed by atoms with van der Waals surface area (Å²) in [5.74, 6) is 1.30. The molecule has 138 valence electrons. The second-order valence-electron chi connectivity index (χ2n) is 4.99. The van der Waals surface area contributed by atoms with Gasteiger partial charge in [-0.3, -0.25) is 4.79 Å². The van der Waals surface area contributed by atoms with Crippen LogP contribution in [0.5, 0.6) is 11.5 Å². The Balaban J connectivity index is 1.92. The summed E-state index contributed by atoms with van der Waals surface area (Å²) >= 11 is 10.7. The number of benzene rings is 2. The quantitative estimate of drug-likeness (QED) is 0.353. The molecule has 1 amide bonds. The molecule has 2 aromatic rings. The lowest BCUT2D eigenvalue weighted by Gasteiger charge is -2.11. The Hall–Kier alpha value is -1.70. The largest absolute Gasteiger partial charge is 0.493 e. The molecule has 0 fully saturated rings. The molecule has 0 saturated carbocycles. The molecule has 0 radical (unpaired) electrons. The maximum atomic E-state index is 11.9. The summed E-state index contributed by atoms with van der Waals surface area (Å²) in [6, 6.07) is 10.9.